The third-order valence-electron chi connectivity index (χ3n) is 7.81. The minimum atomic E-state index is -1.23. The molecule has 2 heterocycles. The van der Waals surface area contributed by atoms with E-state index in [2.05, 4.69) is 107 Å². The van der Waals surface area contributed by atoms with E-state index in [1.165, 1.54) is 33.0 Å². The zero-order valence-electron chi connectivity index (χ0n) is 25.0. The number of hydrogen-bond donors (Lipinski definition) is 0. The molecule has 211 valence electrons. The molecule has 2 nitrogen and oxygen atoms in total. The molecule has 0 aliphatic heterocycles. The van der Waals surface area contributed by atoms with Gasteiger partial charge in [0.15, 0.2) is 0 Å². The first-order chi connectivity index (χ1) is 19.1. The molecule has 1 aliphatic carbocycles. The van der Waals surface area contributed by atoms with Crippen LogP contribution in [0.15, 0.2) is 97.3 Å². The van der Waals surface area contributed by atoms with Crippen LogP contribution in [0.3, 0.4) is 0 Å². The Morgan fingerprint density at radius 1 is 0.707 bits per heavy atom. The third-order valence-corrected chi connectivity index (χ3v) is 9.84. The molecular weight excluding hydrogens is 693 g/mol. The van der Waals surface area contributed by atoms with Crippen molar-refractivity contribution in [2.24, 2.45) is 0 Å². The number of benzene rings is 3. The van der Waals surface area contributed by atoms with Crippen molar-refractivity contribution in [2.75, 3.05) is 0 Å². The predicted octanol–water partition coefficient (Wildman–Crippen LogP) is 9.07. The van der Waals surface area contributed by atoms with Gasteiger partial charge < -0.3 is 9.97 Å². The van der Waals surface area contributed by atoms with Crippen LogP contribution in [0.1, 0.15) is 50.3 Å². The fourth-order valence-electron chi connectivity index (χ4n) is 5.54. The Kier molecular flexibility index (Phi) is 9.28. The summed E-state index contributed by atoms with van der Waals surface area (Å²) in [6, 6.07) is 35.7. The van der Waals surface area contributed by atoms with Crippen molar-refractivity contribution >= 4 is 13.3 Å². The van der Waals surface area contributed by atoms with Crippen molar-refractivity contribution in [3.8, 4) is 33.6 Å². The van der Waals surface area contributed by atoms with Gasteiger partial charge in [-0.25, -0.2) is 0 Å². The summed E-state index contributed by atoms with van der Waals surface area (Å²) in [5.41, 5.74) is 11.0. The molecule has 0 N–H and O–H groups in total. The molecule has 5 aromatic rings. The molecule has 1 aliphatic rings. The average molecular weight is 731 g/mol. The number of rotatable bonds is 4. The van der Waals surface area contributed by atoms with Gasteiger partial charge >= 0.3 is 0 Å². The van der Waals surface area contributed by atoms with Crippen LogP contribution in [-0.4, -0.2) is 18.0 Å². The van der Waals surface area contributed by atoms with E-state index in [9.17, 15) is 0 Å². The molecule has 0 bridgehead atoms. The summed E-state index contributed by atoms with van der Waals surface area (Å²) in [6.07, 6.45) is 4.06. The van der Waals surface area contributed by atoms with E-state index in [0.717, 1.165) is 22.5 Å². The van der Waals surface area contributed by atoms with Crippen LogP contribution >= 0.6 is 0 Å². The third kappa shape index (κ3) is 6.36. The van der Waals surface area contributed by atoms with Gasteiger partial charge in [0.05, 0.1) is 8.07 Å². The number of pyridine rings is 2. The van der Waals surface area contributed by atoms with Crippen molar-refractivity contribution in [3.63, 3.8) is 0 Å². The van der Waals surface area contributed by atoms with E-state index in [-0.39, 0.29) is 25.5 Å². The zero-order valence-corrected chi connectivity index (χ0v) is 28.4. The first-order valence-electron chi connectivity index (χ1n) is 14.1. The van der Waals surface area contributed by atoms with Crippen molar-refractivity contribution in [1.29, 1.82) is 0 Å². The Balaban J connectivity index is 0.000000200. The van der Waals surface area contributed by atoms with Gasteiger partial charge in [0.2, 0.25) is 0 Å². The van der Waals surface area contributed by atoms with E-state index >= 15 is 0 Å². The van der Waals surface area contributed by atoms with Crippen molar-refractivity contribution in [2.45, 2.75) is 58.7 Å². The van der Waals surface area contributed by atoms with Gasteiger partial charge in [-0.15, -0.1) is 71.8 Å². The predicted molar refractivity (Wildman–Crippen MR) is 172 cm³/mol. The Bertz CT molecular complexity index is 1600. The minimum Gasteiger partial charge on any atom is -0.305 e. The molecule has 0 saturated carbocycles. The van der Waals surface area contributed by atoms with Gasteiger partial charge in [0.1, 0.15) is 0 Å². The largest absolute Gasteiger partial charge is 0.305 e. The molecule has 6 rings (SSSR count). The summed E-state index contributed by atoms with van der Waals surface area (Å²) in [5, 5.41) is 1.40. The van der Waals surface area contributed by atoms with Crippen LogP contribution < -0.4 is 5.19 Å². The molecule has 3 aromatic carbocycles. The van der Waals surface area contributed by atoms with Crippen molar-refractivity contribution in [1.82, 2.24) is 9.97 Å². The normalized spacial score (nSPS) is 13.0. The Morgan fingerprint density at radius 3 is 1.88 bits per heavy atom. The minimum absolute atomic E-state index is 0. The number of hydrogen-bond acceptors (Lipinski definition) is 2. The monoisotopic (exact) mass is 731 g/mol. The van der Waals surface area contributed by atoms with Crippen LogP contribution in [0.5, 0.6) is 0 Å². The smallest absolute Gasteiger partial charge is 0.0795 e. The summed E-state index contributed by atoms with van der Waals surface area (Å²) < 4.78 is 0. The number of aromatic nitrogens is 2. The summed E-state index contributed by atoms with van der Waals surface area (Å²) in [6.45, 7) is 16.2. The van der Waals surface area contributed by atoms with Gasteiger partial charge in [-0.1, -0.05) is 83.7 Å². The first kappa shape index (κ1) is 30.8. The van der Waals surface area contributed by atoms with E-state index < -0.39 is 8.07 Å². The zero-order chi connectivity index (χ0) is 28.5. The maximum atomic E-state index is 4.73. The van der Waals surface area contributed by atoms with E-state index in [1.807, 2.05) is 54.9 Å². The van der Waals surface area contributed by atoms with E-state index in [1.54, 1.807) is 0 Å². The molecule has 1 radical (unpaired) electrons. The van der Waals surface area contributed by atoms with Crippen molar-refractivity contribution < 1.29 is 20.1 Å². The van der Waals surface area contributed by atoms with Gasteiger partial charge in [0.25, 0.3) is 0 Å². The second-order valence-corrected chi connectivity index (χ2v) is 17.5. The second-order valence-electron chi connectivity index (χ2n) is 12.4. The number of nitrogens with zero attached hydrogens (tertiary/aromatic N) is 2. The molecule has 0 atom stereocenters. The standard InChI is InChI=1S/C23H22N.C14H16NSi.Ir/c1-15(2)17-11-8-12-18-19-14-24-21(16-9-6-5-7-10-16)13-20(19)23(3,4)22(17)18;1-16(2,3)13-9-10-14(15-11-13)12-7-5-4-6-8-12;/h5-9,11-15H,1-4H3;4-7,9-11H,1-3H3;/q2*-1;. The molecule has 0 amide bonds. The Hall–Kier alpha value is -3.17. The quantitative estimate of drug-likeness (QED) is 0.136. The Labute approximate surface area is 260 Å². The van der Waals surface area contributed by atoms with Crippen LogP contribution in [0.4, 0.5) is 0 Å². The van der Waals surface area contributed by atoms with Gasteiger partial charge in [-0.2, -0.15) is 0 Å². The maximum Gasteiger partial charge on any atom is 0.0795 e. The van der Waals surface area contributed by atoms with Gasteiger partial charge in [-0.05, 0) is 44.7 Å². The maximum absolute atomic E-state index is 4.73. The van der Waals surface area contributed by atoms with Crippen LogP contribution in [0, 0.1) is 12.1 Å². The molecule has 4 heteroatoms. The first-order valence-corrected chi connectivity index (χ1v) is 17.6. The molecule has 41 heavy (non-hydrogen) atoms. The number of fused-ring (bicyclic) bond motifs is 3. The summed E-state index contributed by atoms with van der Waals surface area (Å²) in [5.74, 6) is 0.517. The van der Waals surface area contributed by atoms with Crippen LogP contribution in [0.25, 0.3) is 33.6 Å². The average Bonchev–Trinajstić information content (AvgIpc) is 3.20. The molecular formula is C37H38IrN2Si-2. The van der Waals surface area contributed by atoms with Gasteiger partial charge in [0, 0.05) is 43.5 Å². The molecule has 0 spiro atoms. The van der Waals surface area contributed by atoms with Gasteiger partial charge in [-0.3, -0.25) is 0 Å². The van der Waals surface area contributed by atoms with Crippen LogP contribution in [-0.2, 0) is 25.5 Å². The molecule has 0 saturated heterocycles. The Morgan fingerprint density at radius 2 is 1.34 bits per heavy atom. The van der Waals surface area contributed by atoms with Crippen LogP contribution in [0.2, 0.25) is 19.6 Å². The van der Waals surface area contributed by atoms with Crippen molar-refractivity contribution in [3.05, 3.63) is 126 Å². The summed E-state index contributed by atoms with van der Waals surface area (Å²) >= 11 is 0. The summed E-state index contributed by atoms with van der Waals surface area (Å²) in [7, 11) is -1.23. The fourth-order valence-corrected chi connectivity index (χ4v) is 6.58. The second kappa shape index (κ2) is 12.4. The summed E-state index contributed by atoms with van der Waals surface area (Å²) in [4.78, 5) is 9.25. The van der Waals surface area contributed by atoms with E-state index in [4.69, 9.17) is 4.98 Å². The molecule has 0 unspecified atom stereocenters. The fraction of sp³-hybridized carbons (Fsp3) is 0.243. The molecule has 0 fully saturated rings. The SMILES string of the molecule is CC(C)c1cccc2c1C(C)(C)c1cc(-c3[c-]cccc3)ncc1-2.C[Si](C)(C)c1ccc(-c2[c-]cccc2)nc1.[Ir]. The van der Waals surface area contributed by atoms with E-state index in [0.29, 0.717) is 5.92 Å². The topological polar surface area (TPSA) is 25.8 Å². The molecule has 2 aromatic heterocycles.